The molecule has 1 aromatic heterocycles. The van der Waals surface area contributed by atoms with E-state index in [1.807, 2.05) is 11.0 Å². The molecule has 35 heavy (non-hydrogen) atoms. The first-order chi connectivity index (χ1) is 16.8. The van der Waals surface area contributed by atoms with Crippen LogP contribution in [0.1, 0.15) is 15.9 Å². The van der Waals surface area contributed by atoms with Crippen molar-refractivity contribution in [3.8, 4) is 5.75 Å². The maximum Gasteiger partial charge on any atom is 0.417 e. The zero-order chi connectivity index (χ0) is 24.8. The van der Waals surface area contributed by atoms with Crippen molar-refractivity contribution in [1.82, 2.24) is 15.1 Å². The lowest BCUT2D eigenvalue weighted by Crippen LogP contribution is -2.49. The third kappa shape index (κ3) is 6.05. The highest BCUT2D eigenvalue weighted by molar-refractivity contribution is 5.96. The van der Waals surface area contributed by atoms with Gasteiger partial charge in [-0.1, -0.05) is 30.3 Å². The maximum absolute atomic E-state index is 13.3. The number of para-hydroxylation sites is 1. The molecule has 0 aliphatic carbocycles. The Bertz CT molecular complexity index is 1170. The van der Waals surface area contributed by atoms with Crippen LogP contribution >= 0.6 is 0 Å². The second-order valence-electron chi connectivity index (χ2n) is 7.75. The van der Waals surface area contributed by atoms with Gasteiger partial charge >= 0.3 is 6.18 Å². The lowest BCUT2D eigenvalue weighted by Gasteiger charge is -2.35. The first-order valence-electron chi connectivity index (χ1n) is 10.8. The summed E-state index contributed by atoms with van der Waals surface area (Å²) in [5, 5.41) is 10.7. The van der Waals surface area contributed by atoms with Gasteiger partial charge in [0.05, 0.1) is 11.1 Å². The minimum Gasteiger partial charge on any atom is -0.484 e. The van der Waals surface area contributed by atoms with Crippen molar-refractivity contribution < 1.29 is 27.5 Å². The Morgan fingerprint density at radius 2 is 1.57 bits per heavy atom. The van der Waals surface area contributed by atoms with E-state index in [9.17, 15) is 22.8 Å². The number of benzene rings is 2. The number of carbonyl (C=O) groups excluding carboxylic acids is 2. The monoisotopic (exact) mass is 485 g/mol. The van der Waals surface area contributed by atoms with Crippen LogP contribution in [0, 0.1) is 0 Å². The highest BCUT2D eigenvalue weighted by Gasteiger charge is 2.36. The van der Waals surface area contributed by atoms with Crippen LogP contribution in [0.15, 0.2) is 66.7 Å². The number of nitrogens with zero attached hydrogens (tertiary/aromatic N) is 4. The summed E-state index contributed by atoms with van der Waals surface area (Å²) in [6.07, 6.45) is -4.60. The van der Waals surface area contributed by atoms with Gasteiger partial charge in [-0.3, -0.25) is 9.59 Å². The number of hydrogen-bond acceptors (Lipinski definition) is 6. The molecule has 0 spiro atoms. The summed E-state index contributed by atoms with van der Waals surface area (Å²) in [4.78, 5) is 28.1. The molecule has 0 radical (unpaired) electrons. The van der Waals surface area contributed by atoms with Crippen molar-refractivity contribution in [1.29, 1.82) is 0 Å². The number of halogens is 3. The van der Waals surface area contributed by atoms with Crippen molar-refractivity contribution >= 4 is 23.5 Å². The zero-order valence-electron chi connectivity index (χ0n) is 18.5. The summed E-state index contributed by atoms with van der Waals surface area (Å²) >= 11 is 0. The number of rotatable bonds is 6. The molecular weight excluding hydrogens is 463 g/mol. The Kier molecular flexibility index (Phi) is 7.14. The molecule has 2 aromatic carbocycles. The summed E-state index contributed by atoms with van der Waals surface area (Å²) in [6, 6.07) is 17.0. The predicted molar refractivity (Wildman–Crippen MR) is 122 cm³/mol. The molecule has 4 rings (SSSR count). The molecule has 1 aliphatic rings. The Balaban J connectivity index is 1.30. The summed E-state index contributed by atoms with van der Waals surface area (Å²) in [7, 11) is 0. The van der Waals surface area contributed by atoms with Crippen LogP contribution in [-0.4, -0.2) is 59.7 Å². The fourth-order valence-corrected chi connectivity index (χ4v) is 3.63. The average molecular weight is 485 g/mol. The van der Waals surface area contributed by atoms with Gasteiger partial charge in [-0.15, -0.1) is 10.2 Å². The molecule has 1 aliphatic heterocycles. The number of aromatic nitrogens is 2. The number of carbonyl (C=O) groups is 2. The summed E-state index contributed by atoms with van der Waals surface area (Å²) < 4.78 is 45.2. The fraction of sp³-hybridized carbons (Fsp3) is 0.250. The van der Waals surface area contributed by atoms with Gasteiger partial charge in [0.1, 0.15) is 5.75 Å². The van der Waals surface area contributed by atoms with Crippen LogP contribution in [0.2, 0.25) is 0 Å². The van der Waals surface area contributed by atoms with Gasteiger partial charge in [0.2, 0.25) is 0 Å². The van der Waals surface area contributed by atoms with Gasteiger partial charge in [-0.2, -0.15) is 13.2 Å². The number of amides is 2. The second-order valence-corrected chi connectivity index (χ2v) is 7.75. The van der Waals surface area contributed by atoms with Crippen LogP contribution in [0.4, 0.5) is 24.8 Å². The molecule has 1 saturated heterocycles. The van der Waals surface area contributed by atoms with E-state index in [0.29, 0.717) is 24.7 Å². The van der Waals surface area contributed by atoms with Gasteiger partial charge in [-0.05, 0) is 36.4 Å². The first kappa shape index (κ1) is 24.0. The van der Waals surface area contributed by atoms with Gasteiger partial charge in [0, 0.05) is 26.2 Å². The molecule has 2 amide bonds. The lowest BCUT2D eigenvalue weighted by molar-refractivity contribution is -0.138. The third-order valence-corrected chi connectivity index (χ3v) is 5.38. The second kappa shape index (κ2) is 10.4. The number of hydrogen-bond donors (Lipinski definition) is 1. The number of ether oxygens (including phenoxy) is 1. The smallest absolute Gasteiger partial charge is 0.417 e. The lowest BCUT2D eigenvalue weighted by atomic mass is 10.1. The summed E-state index contributed by atoms with van der Waals surface area (Å²) in [5.74, 6) is 0.324. The van der Waals surface area contributed by atoms with Crippen LogP contribution in [-0.2, 0) is 11.0 Å². The Morgan fingerprint density at radius 3 is 2.23 bits per heavy atom. The molecule has 0 unspecified atom stereocenters. The Hall–Kier alpha value is -4.15. The number of piperazine rings is 1. The highest BCUT2D eigenvalue weighted by Crippen LogP contribution is 2.32. The number of anilines is 2. The van der Waals surface area contributed by atoms with E-state index in [1.165, 1.54) is 23.1 Å². The van der Waals surface area contributed by atoms with Crippen molar-refractivity contribution in [2.24, 2.45) is 0 Å². The van der Waals surface area contributed by atoms with E-state index in [-0.39, 0.29) is 37.0 Å². The Morgan fingerprint density at radius 1 is 0.886 bits per heavy atom. The molecule has 1 fully saturated rings. The molecule has 3 aromatic rings. The van der Waals surface area contributed by atoms with E-state index in [0.717, 1.165) is 6.07 Å². The van der Waals surface area contributed by atoms with E-state index >= 15 is 0 Å². The maximum atomic E-state index is 13.3. The molecule has 11 heteroatoms. The standard InChI is InChI=1S/C24H22F3N5O3/c25-24(26,27)19-9-5-4-8-18(19)23(34)32-14-12-31(13-15-32)21-11-10-20(29-30-21)28-22(33)16-35-17-6-2-1-3-7-17/h1-11H,12-16H2,(H,28,29,33). The van der Waals surface area contributed by atoms with E-state index in [4.69, 9.17) is 4.74 Å². The SMILES string of the molecule is O=C(COc1ccccc1)Nc1ccc(N2CCN(C(=O)c3ccccc3C(F)(F)F)CC2)nn1. The third-order valence-electron chi connectivity index (χ3n) is 5.38. The number of nitrogens with one attached hydrogen (secondary N) is 1. The van der Waals surface area contributed by atoms with E-state index < -0.39 is 17.6 Å². The van der Waals surface area contributed by atoms with Gasteiger partial charge in [0.25, 0.3) is 11.8 Å². The minimum absolute atomic E-state index is 0.180. The van der Waals surface area contributed by atoms with E-state index in [1.54, 1.807) is 36.4 Å². The quantitative estimate of drug-likeness (QED) is 0.575. The molecule has 2 heterocycles. The zero-order valence-corrected chi connectivity index (χ0v) is 18.5. The van der Waals surface area contributed by atoms with Crippen LogP contribution in [0.3, 0.4) is 0 Å². The first-order valence-corrected chi connectivity index (χ1v) is 10.8. The van der Waals surface area contributed by atoms with Crippen molar-refractivity contribution in [2.75, 3.05) is 43.0 Å². The fourth-order valence-electron chi connectivity index (χ4n) is 3.63. The normalized spacial score (nSPS) is 13.9. The molecule has 8 nitrogen and oxygen atoms in total. The topological polar surface area (TPSA) is 87.7 Å². The van der Waals surface area contributed by atoms with Crippen LogP contribution < -0.4 is 15.0 Å². The van der Waals surface area contributed by atoms with Crippen molar-refractivity contribution in [2.45, 2.75) is 6.18 Å². The van der Waals surface area contributed by atoms with Crippen LogP contribution in [0.25, 0.3) is 0 Å². The molecule has 1 N–H and O–H groups in total. The highest BCUT2D eigenvalue weighted by atomic mass is 19.4. The van der Waals surface area contributed by atoms with Gasteiger partial charge < -0.3 is 19.9 Å². The van der Waals surface area contributed by atoms with Crippen LogP contribution in [0.5, 0.6) is 5.75 Å². The minimum atomic E-state index is -4.60. The predicted octanol–water partition coefficient (Wildman–Crippen LogP) is 3.48. The summed E-state index contributed by atoms with van der Waals surface area (Å²) in [6.45, 7) is 1.06. The van der Waals surface area contributed by atoms with E-state index in [2.05, 4.69) is 15.5 Å². The molecule has 0 saturated carbocycles. The average Bonchev–Trinajstić information content (AvgIpc) is 2.88. The molecular formula is C24H22F3N5O3. The van der Waals surface area contributed by atoms with Crippen molar-refractivity contribution in [3.63, 3.8) is 0 Å². The summed E-state index contributed by atoms with van der Waals surface area (Å²) in [5.41, 5.74) is -1.30. The molecule has 0 atom stereocenters. The Labute approximate surface area is 199 Å². The van der Waals surface area contributed by atoms with Gasteiger partial charge in [-0.25, -0.2) is 0 Å². The largest absolute Gasteiger partial charge is 0.484 e. The molecule has 0 bridgehead atoms. The number of alkyl halides is 3. The molecule has 182 valence electrons. The van der Waals surface area contributed by atoms with Crippen molar-refractivity contribution in [3.05, 3.63) is 77.9 Å². The van der Waals surface area contributed by atoms with Gasteiger partial charge in [0.15, 0.2) is 18.2 Å².